The smallest absolute Gasteiger partial charge is 0.326 e. The van der Waals surface area contributed by atoms with Gasteiger partial charge in [-0.1, -0.05) is 24.3 Å². The number of fused-ring (bicyclic) bond motifs is 1. The van der Waals surface area contributed by atoms with Gasteiger partial charge in [0, 0.05) is 5.56 Å². The molecule has 1 atom stereocenters. The van der Waals surface area contributed by atoms with E-state index < -0.39 is 30.3 Å². The predicted octanol–water partition coefficient (Wildman–Crippen LogP) is 2.86. The van der Waals surface area contributed by atoms with E-state index in [2.05, 4.69) is 5.32 Å². The number of halogens is 1. The van der Waals surface area contributed by atoms with Gasteiger partial charge in [0.15, 0.2) is 6.10 Å². The Bertz CT molecular complexity index is 894. The van der Waals surface area contributed by atoms with E-state index in [9.17, 15) is 18.8 Å². The first kappa shape index (κ1) is 18.8. The maximum absolute atomic E-state index is 13.5. The molecule has 140 valence electrons. The lowest BCUT2D eigenvalue weighted by molar-refractivity contribution is -0.145. The fraction of sp³-hybridized carbons (Fsp3) is 0.286. The number of benzene rings is 2. The number of amides is 1. The van der Waals surface area contributed by atoms with Gasteiger partial charge in [0.1, 0.15) is 12.4 Å². The molecule has 0 heterocycles. The van der Waals surface area contributed by atoms with Crippen molar-refractivity contribution in [1.29, 1.82) is 0 Å². The number of esters is 1. The van der Waals surface area contributed by atoms with Gasteiger partial charge in [-0.25, -0.2) is 4.39 Å². The molecular weight excluding hydrogens is 349 g/mol. The molecule has 1 unspecified atom stereocenters. The molecule has 0 fully saturated rings. The Morgan fingerprint density at radius 3 is 2.63 bits per heavy atom. The van der Waals surface area contributed by atoms with Crippen molar-refractivity contribution in [3.8, 4) is 0 Å². The van der Waals surface area contributed by atoms with Crippen LogP contribution in [0.15, 0.2) is 42.5 Å². The van der Waals surface area contributed by atoms with Crippen LogP contribution in [0.2, 0.25) is 0 Å². The Balaban J connectivity index is 1.53. The molecule has 0 spiro atoms. The van der Waals surface area contributed by atoms with Crippen LogP contribution in [-0.2, 0) is 22.4 Å². The third kappa shape index (κ3) is 4.39. The van der Waals surface area contributed by atoms with Crippen molar-refractivity contribution in [3.05, 3.63) is 70.5 Å². The van der Waals surface area contributed by atoms with Crippen molar-refractivity contribution in [2.45, 2.75) is 32.3 Å². The van der Waals surface area contributed by atoms with Gasteiger partial charge in [-0.15, -0.1) is 0 Å². The van der Waals surface area contributed by atoms with E-state index in [0.717, 1.165) is 30.9 Å². The SMILES string of the molecule is CC(OC(=O)CNC(=O)c1ccccc1F)C(=O)c1ccc2c(c1)CCC2. The van der Waals surface area contributed by atoms with Crippen LogP contribution in [0, 0.1) is 5.82 Å². The average molecular weight is 369 g/mol. The highest BCUT2D eigenvalue weighted by Crippen LogP contribution is 2.23. The number of ether oxygens (including phenoxy) is 1. The number of rotatable bonds is 6. The highest BCUT2D eigenvalue weighted by molar-refractivity contribution is 6.01. The summed E-state index contributed by atoms with van der Waals surface area (Å²) < 4.78 is 18.6. The molecule has 6 heteroatoms. The zero-order valence-corrected chi connectivity index (χ0v) is 15.0. The minimum Gasteiger partial charge on any atom is -0.453 e. The first-order chi connectivity index (χ1) is 13.0. The molecule has 1 N–H and O–H groups in total. The van der Waals surface area contributed by atoms with Crippen LogP contribution in [0.1, 0.15) is 45.2 Å². The fourth-order valence-corrected chi connectivity index (χ4v) is 3.15. The number of ketones is 1. The maximum atomic E-state index is 13.5. The largest absolute Gasteiger partial charge is 0.453 e. The molecule has 0 bridgehead atoms. The predicted molar refractivity (Wildman–Crippen MR) is 97.1 cm³/mol. The van der Waals surface area contributed by atoms with E-state index in [0.29, 0.717) is 5.56 Å². The number of hydrogen-bond acceptors (Lipinski definition) is 4. The molecule has 27 heavy (non-hydrogen) atoms. The van der Waals surface area contributed by atoms with Gasteiger partial charge in [0.2, 0.25) is 5.78 Å². The third-order valence-corrected chi connectivity index (χ3v) is 4.57. The molecule has 0 radical (unpaired) electrons. The van der Waals surface area contributed by atoms with E-state index in [-0.39, 0.29) is 11.3 Å². The zero-order chi connectivity index (χ0) is 19.4. The highest BCUT2D eigenvalue weighted by atomic mass is 19.1. The van der Waals surface area contributed by atoms with Crippen LogP contribution in [0.3, 0.4) is 0 Å². The van der Waals surface area contributed by atoms with Crippen molar-refractivity contribution in [1.82, 2.24) is 5.32 Å². The molecule has 1 aliphatic carbocycles. The minimum absolute atomic E-state index is 0.160. The van der Waals surface area contributed by atoms with Crippen molar-refractivity contribution >= 4 is 17.7 Å². The Kier molecular flexibility index (Phi) is 5.64. The summed E-state index contributed by atoms with van der Waals surface area (Å²) in [6.45, 7) is 1.04. The summed E-state index contributed by atoms with van der Waals surface area (Å²) in [6, 6.07) is 11.0. The average Bonchev–Trinajstić information content (AvgIpc) is 3.13. The summed E-state index contributed by atoms with van der Waals surface area (Å²) in [5.74, 6) is -2.45. The van der Waals surface area contributed by atoms with Crippen LogP contribution >= 0.6 is 0 Å². The van der Waals surface area contributed by atoms with Gasteiger partial charge in [0.05, 0.1) is 5.56 Å². The summed E-state index contributed by atoms with van der Waals surface area (Å²) in [6.07, 6.45) is 2.09. The maximum Gasteiger partial charge on any atom is 0.326 e. The summed E-state index contributed by atoms with van der Waals surface area (Å²) in [7, 11) is 0. The van der Waals surface area contributed by atoms with Gasteiger partial charge in [-0.2, -0.15) is 0 Å². The number of Topliss-reactive ketones (excluding diaryl/α,β-unsaturated/α-hetero) is 1. The topological polar surface area (TPSA) is 72.5 Å². The quantitative estimate of drug-likeness (QED) is 0.628. The van der Waals surface area contributed by atoms with Gasteiger partial charge in [0.25, 0.3) is 5.91 Å². The van der Waals surface area contributed by atoms with E-state index >= 15 is 0 Å². The van der Waals surface area contributed by atoms with Crippen LogP contribution in [-0.4, -0.2) is 30.3 Å². The summed E-state index contributed by atoms with van der Waals surface area (Å²) in [5.41, 5.74) is 2.77. The summed E-state index contributed by atoms with van der Waals surface area (Å²) in [5, 5.41) is 2.29. The first-order valence-electron chi connectivity index (χ1n) is 8.84. The standard InChI is InChI=1S/C21H20FNO4/c1-13(20(25)16-10-9-14-5-4-6-15(14)11-16)27-19(24)12-23-21(26)17-7-2-3-8-18(17)22/h2-3,7-11,13H,4-6,12H2,1H3,(H,23,26). The van der Waals surface area contributed by atoms with Gasteiger partial charge >= 0.3 is 5.97 Å². The number of aryl methyl sites for hydroxylation is 2. The lowest BCUT2D eigenvalue weighted by atomic mass is 10.0. The molecule has 5 nitrogen and oxygen atoms in total. The van der Waals surface area contributed by atoms with Crippen molar-refractivity contribution in [3.63, 3.8) is 0 Å². The van der Waals surface area contributed by atoms with Gasteiger partial charge in [-0.3, -0.25) is 14.4 Å². The van der Waals surface area contributed by atoms with Crippen molar-refractivity contribution in [2.75, 3.05) is 6.54 Å². The number of nitrogens with one attached hydrogen (secondary N) is 1. The molecular formula is C21H20FNO4. The second-order valence-corrected chi connectivity index (χ2v) is 6.50. The van der Waals surface area contributed by atoms with Crippen LogP contribution in [0.4, 0.5) is 4.39 Å². The highest BCUT2D eigenvalue weighted by Gasteiger charge is 2.22. The van der Waals surface area contributed by atoms with Crippen molar-refractivity contribution in [2.24, 2.45) is 0 Å². The Labute approximate surface area is 156 Å². The zero-order valence-electron chi connectivity index (χ0n) is 15.0. The molecule has 0 saturated heterocycles. The molecule has 0 aromatic heterocycles. The second-order valence-electron chi connectivity index (χ2n) is 6.50. The molecule has 0 saturated carbocycles. The Hall–Kier alpha value is -3.02. The van der Waals surface area contributed by atoms with Crippen molar-refractivity contribution < 1.29 is 23.5 Å². The summed E-state index contributed by atoms with van der Waals surface area (Å²) in [4.78, 5) is 36.3. The van der Waals surface area contributed by atoms with E-state index in [1.54, 1.807) is 6.07 Å². The monoisotopic (exact) mass is 369 g/mol. The molecule has 2 aromatic carbocycles. The van der Waals surface area contributed by atoms with Crippen LogP contribution < -0.4 is 5.32 Å². The first-order valence-corrected chi connectivity index (χ1v) is 8.84. The van der Waals surface area contributed by atoms with E-state index in [1.807, 2.05) is 12.1 Å². The Morgan fingerprint density at radius 2 is 1.85 bits per heavy atom. The molecule has 2 aromatic rings. The normalized spacial score (nSPS) is 13.6. The molecule has 3 rings (SSSR count). The molecule has 0 aliphatic heterocycles. The fourth-order valence-electron chi connectivity index (χ4n) is 3.15. The molecule has 1 amide bonds. The van der Waals surface area contributed by atoms with Gasteiger partial charge in [-0.05, 0) is 55.5 Å². The number of hydrogen-bond donors (Lipinski definition) is 1. The van der Waals surface area contributed by atoms with Crippen LogP contribution in [0.5, 0.6) is 0 Å². The van der Waals surface area contributed by atoms with Crippen LogP contribution in [0.25, 0.3) is 0 Å². The Morgan fingerprint density at radius 1 is 1.11 bits per heavy atom. The number of carbonyl (C=O) groups excluding carboxylic acids is 3. The third-order valence-electron chi connectivity index (χ3n) is 4.57. The van der Waals surface area contributed by atoms with E-state index in [4.69, 9.17) is 4.74 Å². The van der Waals surface area contributed by atoms with E-state index in [1.165, 1.54) is 30.7 Å². The molecule has 1 aliphatic rings. The second kappa shape index (κ2) is 8.12. The lowest BCUT2D eigenvalue weighted by Crippen LogP contribution is -2.34. The lowest BCUT2D eigenvalue weighted by Gasteiger charge is -2.13. The minimum atomic E-state index is -0.970. The number of carbonyl (C=O) groups is 3. The van der Waals surface area contributed by atoms with Gasteiger partial charge < -0.3 is 10.1 Å². The summed E-state index contributed by atoms with van der Waals surface area (Å²) >= 11 is 0.